The predicted molar refractivity (Wildman–Crippen MR) is 104 cm³/mol. The number of carbonyl (C=O) groups is 1. The Bertz CT molecular complexity index is 979. The highest BCUT2D eigenvalue weighted by Crippen LogP contribution is 2.23. The van der Waals surface area contributed by atoms with Crippen molar-refractivity contribution in [2.24, 2.45) is 5.10 Å². The van der Waals surface area contributed by atoms with E-state index in [2.05, 4.69) is 10.5 Å². The van der Waals surface area contributed by atoms with E-state index < -0.39 is 28.3 Å². The van der Waals surface area contributed by atoms with Crippen molar-refractivity contribution in [3.8, 4) is 11.5 Å². The van der Waals surface area contributed by atoms with E-state index in [1.54, 1.807) is 18.2 Å². The number of ether oxygens (including phenoxy) is 2. The van der Waals surface area contributed by atoms with Crippen molar-refractivity contribution in [2.75, 3.05) is 31.3 Å². The maximum atomic E-state index is 13.9. The van der Waals surface area contributed by atoms with Gasteiger partial charge in [0, 0.05) is 11.6 Å². The Balaban J connectivity index is 2.12. The van der Waals surface area contributed by atoms with Crippen molar-refractivity contribution >= 4 is 27.8 Å². The molecule has 0 atom stereocenters. The van der Waals surface area contributed by atoms with Gasteiger partial charge in [-0.2, -0.15) is 5.10 Å². The molecule has 0 radical (unpaired) electrons. The standard InChI is InChI=1S/C18H20FN3O5S/c1-26-14-9-8-13(17(10-14)27-2)11-20-21-18(23)12-22(28(3,24)25)16-7-5-4-6-15(16)19/h4-11H,12H2,1-3H3,(H,21,23)/b20-11-. The number of halogens is 1. The summed E-state index contributed by atoms with van der Waals surface area (Å²) >= 11 is 0. The molecule has 1 amide bonds. The topological polar surface area (TPSA) is 97.3 Å². The summed E-state index contributed by atoms with van der Waals surface area (Å²) in [7, 11) is -0.889. The smallest absolute Gasteiger partial charge is 0.260 e. The molecule has 0 saturated heterocycles. The number of anilines is 1. The quantitative estimate of drug-likeness (QED) is 0.529. The predicted octanol–water partition coefficient (Wildman–Crippen LogP) is 1.76. The number of para-hydroxylation sites is 1. The lowest BCUT2D eigenvalue weighted by Crippen LogP contribution is -2.39. The fraction of sp³-hybridized carbons (Fsp3) is 0.222. The molecule has 10 heteroatoms. The monoisotopic (exact) mass is 409 g/mol. The van der Waals surface area contributed by atoms with Crippen LogP contribution in [-0.2, 0) is 14.8 Å². The van der Waals surface area contributed by atoms with Gasteiger partial charge in [-0.05, 0) is 24.3 Å². The van der Waals surface area contributed by atoms with Crippen LogP contribution in [0.2, 0.25) is 0 Å². The second-order valence-electron chi connectivity index (χ2n) is 5.62. The molecule has 0 heterocycles. The lowest BCUT2D eigenvalue weighted by molar-refractivity contribution is -0.119. The third-order valence-electron chi connectivity index (χ3n) is 3.64. The van der Waals surface area contributed by atoms with Crippen LogP contribution in [0.3, 0.4) is 0 Å². The van der Waals surface area contributed by atoms with E-state index in [0.717, 1.165) is 12.3 Å². The number of carbonyl (C=O) groups excluding carboxylic acids is 1. The van der Waals surface area contributed by atoms with E-state index in [9.17, 15) is 17.6 Å². The van der Waals surface area contributed by atoms with Crippen molar-refractivity contribution in [3.05, 3.63) is 53.8 Å². The second kappa shape index (κ2) is 9.18. The maximum absolute atomic E-state index is 13.9. The van der Waals surface area contributed by atoms with E-state index in [-0.39, 0.29) is 5.69 Å². The summed E-state index contributed by atoms with van der Waals surface area (Å²) in [6.45, 7) is -0.628. The number of rotatable bonds is 8. The summed E-state index contributed by atoms with van der Waals surface area (Å²) in [6, 6.07) is 10.3. The maximum Gasteiger partial charge on any atom is 0.260 e. The molecule has 0 aromatic heterocycles. The minimum absolute atomic E-state index is 0.221. The SMILES string of the molecule is COc1ccc(/C=N\NC(=O)CN(c2ccccc2F)S(C)(=O)=O)c(OC)c1. The molecule has 0 aliphatic rings. The lowest BCUT2D eigenvalue weighted by atomic mass is 10.2. The highest BCUT2D eigenvalue weighted by molar-refractivity contribution is 7.92. The van der Waals surface area contributed by atoms with E-state index in [0.29, 0.717) is 21.4 Å². The third kappa shape index (κ3) is 5.43. The van der Waals surface area contributed by atoms with Crippen LogP contribution in [0.1, 0.15) is 5.56 Å². The van der Waals surface area contributed by atoms with Crippen molar-refractivity contribution in [1.29, 1.82) is 0 Å². The zero-order valence-corrected chi connectivity index (χ0v) is 16.4. The first-order valence-corrected chi connectivity index (χ1v) is 9.87. The highest BCUT2D eigenvalue weighted by atomic mass is 32.2. The summed E-state index contributed by atoms with van der Waals surface area (Å²) in [4.78, 5) is 12.1. The van der Waals surface area contributed by atoms with Crippen molar-refractivity contribution in [3.63, 3.8) is 0 Å². The molecule has 0 unspecified atom stereocenters. The molecule has 0 fully saturated rings. The average Bonchev–Trinajstić information content (AvgIpc) is 2.66. The molecule has 1 N–H and O–H groups in total. The molecule has 28 heavy (non-hydrogen) atoms. The van der Waals surface area contributed by atoms with Gasteiger partial charge in [-0.3, -0.25) is 9.10 Å². The van der Waals surface area contributed by atoms with E-state index in [1.165, 1.54) is 38.6 Å². The van der Waals surface area contributed by atoms with Crippen LogP contribution in [-0.4, -0.2) is 47.6 Å². The molecule has 0 aliphatic carbocycles. The van der Waals surface area contributed by atoms with Gasteiger partial charge in [-0.1, -0.05) is 12.1 Å². The van der Waals surface area contributed by atoms with Gasteiger partial charge in [0.15, 0.2) is 0 Å². The van der Waals surface area contributed by atoms with Gasteiger partial charge in [-0.15, -0.1) is 0 Å². The number of nitrogens with one attached hydrogen (secondary N) is 1. The zero-order valence-electron chi connectivity index (χ0n) is 15.5. The molecule has 0 saturated carbocycles. The van der Waals surface area contributed by atoms with Crippen LogP contribution >= 0.6 is 0 Å². The van der Waals surface area contributed by atoms with Gasteiger partial charge < -0.3 is 9.47 Å². The van der Waals surface area contributed by atoms with Gasteiger partial charge >= 0.3 is 0 Å². The van der Waals surface area contributed by atoms with Crippen LogP contribution < -0.4 is 19.2 Å². The molecule has 2 rings (SSSR count). The summed E-state index contributed by atoms with van der Waals surface area (Å²) < 4.78 is 48.9. The number of sulfonamides is 1. The number of benzene rings is 2. The first kappa shape index (κ1) is 21.2. The molecule has 2 aromatic rings. The van der Waals surface area contributed by atoms with Crippen LogP contribution in [0, 0.1) is 5.82 Å². The van der Waals surface area contributed by atoms with Crippen molar-refractivity contribution < 1.29 is 27.1 Å². The molecule has 2 aromatic carbocycles. The molecule has 0 bridgehead atoms. The van der Waals surface area contributed by atoms with E-state index in [1.807, 2.05) is 0 Å². The fourth-order valence-electron chi connectivity index (χ4n) is 2.30. The molecular weight excluding hydrogens is 389 g/mol. The normalized spacial score (nSPS) is 11.3. The van der Waals surface area contributed by atoms with E-state index in [4.69, 9.17) is 9.47 Å². The second-order valence-corrected chi connectivity index (χ2v) is 7.53. The number of amides is 1. The Morgan fingerprint density at radius 3 is 2.54 bits per heavy atom. The van der Waals surface area contributed by atoms with Crippen molar-refractivity contribution in [1.82, 2.24) is 5.43 Å². The molecule has 0 spiro atoms. The van der Waals surface area contributed by atoms with Crippen molar-refractivity contribution in [2.45, 2.75) is 0 Å². The Morgan fingerprint density at radius 1 is 1.21 bits per heavy atom. The minimum atomic E-state index is -3.88. The van der Waals surface area contributed by atoms with Crippen LogP contribution in [0.4, 0.5) is 10.1 Å². The Kier molecular flexibility index (Phi) is 6.94. The molecule has 8 nitrogen and oxygen atoms in total. The van der Waals surface area contributed by atoms with Gasteiger partial charge in [0.05, 0.1) is 32.4 Å². The first-order valence-electron chi connectivity index (χ1n) is 8.02. The minimum Gasteiger partial charge on any atom is -0.497 e. The summed E-state index contributed by atoms with van der Waals surface area (Å²) in [5.74, 6) is -0.433. The Hall–Kier alpha value is -3.14. The number of hydrazone groups is 1. The fourth-order valence-corrected chi connectivity index (χ4v) is 3.16. The van der Waals surface area contributed by atoms with E-state index >= 15 is 0 Å². The lowest BCUT2D eigenvalue weighted by Gasteiger charge is -2.21. The summed E-state index contributed by atoms with van der Waals surface area (Å²) in [6.07, 6.45) is 2.22. The molecular formula is C18H20FN3O5S. The number of methoxy groups -OCH3 is 2. The van der Waals surface area contributed by atoms with Crippen LogP contribution in [0.5, 0.6) is 11.5 Å². The van der Waals surface area contributed by atoms with Gasteiger partial charge in [0.25, 0.3) is 5.91 Å². The highest BCUT2D eigenvalue weighted by Gasteiger charge is 2.23. The van der Waals surface area contributed by atoms with Gasteiger partial charge in [0.2, 0.25) is 10.0 Å². The molecule has 0 aliphatic heterocycles. The van der Waals surface area contributed by atoms with Crippen LogP contribution in [0.25, 0.3) is 0 Å². The summed E-state index contributed by atoms with van der Waals surface area (Å²) in [5, 5.41) is 3.80. The number of nitrogens with zero attached hydrogens (tertiary/aromatic N) is 2. The van der Waals surface area contributed by atoms with Gasteiger partial charge in [0.1, 0.15) is 23.9 Å². The van der Waals surface area contributed by atoms with Crippen LogP contribution in [0.15, 0.2) is 47.6 Å². The average molecular weight is 409 g/mol. The largest absolute Gasteiger partial charge is 0.497 e. The Morgan fingerprint density at radius 2 is 1.93 bits per heavy atom. The first-order chi connectivity index (χ1) is 13.3. The number of hydrogen-bond acceptors (Lipinski definition) is 6. The third-order valence-corrected chi connectivity index (χ3v) is 4.77. The zero-order chi connectivity index (χ0) is 20.7. The summed E-state index contributed by atoms with van der Waals surface area (Å²) in [5.41, 5.74) is 2.56. The number of hydrogen-bond donors (Lipinski definition) is 1. The Labute approximate surface area is 162 Å². The molecule has 150 valence electrons. The van der Waals surface area contributed by atoms with Gasteiger partial charge in [-0.25, -0.2) is 18.2 Å².